The number of halogens is 2. The number of hydrogen-bond donors (Lipinski definition) is 1. The molecule has 1 aliphatic heterocycles. The monoisotopic (exact) mass is 612 g/mol. The van der Waals surface area contributed by atoms with Crippen molar-refractivity contribution in [3.8, 4) is 11.5 Å². The summed E-state index contributed by atoms with van der Waals surface area (Å²) in [6.45, 7) is 5.76. The zero-order chi connectivity index (χ0) is 28.1. The summed E-state index contributed by atoms with van der Waals surface area (Å²) in [6, 6.07) is 15.1. The number of anilines is 1. The van der Waals surface area contributed by atoms with Crippen LogP contribution in [-0.2, 0) is 16.2 Å². The lowest BCUT2D eigenvalue weighted by atomic mass is 10.1. The summed E-state index contributed by atoms with van der Waals surface area (Å²) in [4.78, 5) is 39.4. The minimum absolute atomic E-state index is 0.189. The molecular formula is C29H26BrFN2O5S. The summed E-state index contributed by atoms with van der Waals surface area (Å²) in [6.07, 6.45) is 1.57. The number of imide groups is 1. The van der Waals surface area contributed by atoms with Gasteiger partial charge in [-0.2, -0.15) is 0 Å². The van der Waals surface area contributed by atoms with Gasteiger partial charge in [-0.15, -0.1) is 0 Å². The molecule has 3 aromatic rings. The van der Waals surface area contributed by atoms with Gasteiger partial charge in [0.05, 0.1) is 16.0 Å². The second kappa shape index (κ2) is 12.5. The van der Waals surface area contributed by atoms with E-state index < -0.39 is 17.1 Å². The maximum absolute atomic E-state index is 13.2. The average molecular weight is 614 g/mol. The van der Waals surface area contributed by atoms with E-state index in [0.717, 1.165) is 33.4 Å². The highest BCUT2D eigenvalue weighted by molar-refractivity contribution is 9.10. The van der Waals surface area contributed by atoms with Crippen LogP contribution in [0, 0.1) is 19.7 Å². The van der Waals surface area contributed by atoms with Gasteiger partial charge in [0.15, 0.2) is 11.5 Å². The lowest BCUT2D eigenvalue weighted by molar-refractivity contribution is -0.127. The van der Waals surface area contributed by atoms with Crippen molar-refractivity contribution in [2.75, 3.05) is 18.5 Å². The zero-order valence-corrected chi connectivity index (χ0v) is 23.9. The van der Waals surface area contributed by atoms with Gasteiger partial charge < -0.3 is 14.8 Å². The van der Waals surface area contributed by atoms with Crippen molar-refractivity contribution >= 4 is 56.5 Å². The van der Waals surface area contributed by atoms with E-state index >= 15 is 0 Å². The number of rotatable bonds is 9. The average Bonchev–Trinajstić information content (AvgIpc) is 3.14. The van der Waals surface area contributed by atoms with E-state index in [1.807, 2.05) is 39.0 Å². The van der Waals surface area contributed by atoms with Crippen LogP contribution in [0.4, 0.5) is 14.9 Å². The SMILES string of the molecule is CCOc1cc(/C=C2\SC(=O)N(CC(=O)Nc3c(C)cccc3C)C2=O)cc(Br)c1OCc1ccc(F)cc1. The summed E-state index contributed by atoms with van der Waals surface area (Å²) in [7, 11) is 0. The fourth-order valence-corrected chi connectivity index (χ4v) is 5.34. The molecule has 0 atom stereocenters. The Kier molecular flexibility index (Phi) is 9.08. The Labute approximate surface area is 238 Å². The van der Waals surface area contributed by atoms with E-state index in [9.17, 15) is 18.8 Å². The van der Waals surface area contributed by atoms with Crippen LogP contribution in [-0.4, -0.2) is 35.1 Å². The molecule has 7 nitrogen and oxygen atoms in total. The number of ether oxygens (including phenoxy) is 2. The largest absolute Gasteiger partial charge is 0.490 e. The number of hydrogen-bond acceptors (Lipinski definition) is 6. The maximum Gasteiger partial charge on any atom is 0.294 e. The van der Waals surface area contributed by atoms with Gasteiger partial charge in [-0.3, -0.25) is 19.3 Å². The predicted molar refractivity (Wildman–Crippen MR) is 153 cm³/mol. The fraction of sp³-hybridized carbons (Fsp3) is 0.207. The van der Waals surface area contributed by atoms with Gasteiger partial charge in [-0.05, 0) is 101 Å². The van der Waals surface area contributed by atoms with Gasteiger partial charge in [0, 0.05) is 5.69 Å². The van der Waals surface area contributed by atoms with Gasteiger partial charge in [0.2, 0.25) is 5.91 Å². The summed E-state index contributed by atoms with van der Waals surface area (Å²) < 4.78 is 25.5. The Balaban J connectivity index is 1.50. The van der Waals surface area contributed by atoms with Crippen molar-refractivity contribution in [1.82, 2.24) is 4.90 Å². The highest BCUT2D eigenvalue weighted by atomic mass is 79.9. The molecule has 1 N–H and O–H groups in total. The molecule has 202 valence electrons. The van der Waals surface area contributed by atoms with Crippen LogP contribution in [0.5, 0.6) is 11.5 Å². The summed E-state index contributed by atoms with van der Waals surface area (Å²) in [5.41, 5.74) is 3.83. The first kappa shape index (κ1) is 28.4. The Hall–Kier alpha value is -3.63. The van der Waals surface area contributed by atoms with Crippen molar-refractivity contribution in [3.05, 3.63) is 92.0 Å². The second-order valence-electron chi connectivity index (χ2n) is 8.76. The number of aryl methyl sites for hydroxylation is 2. The highest BCUT2D eigenvalue weighted by Gasteiger charge is 2.36. The minimum atomic E-state index is -0.549. The van der Waals surface area contributed by atoms with E-state index in [2.05, 4.69) is 21.2 Å². The molecule has 3 aromatic carbocycles. The number of para-hydroxylation sites is 1. The lowest BCUT2D eigenvalue weighted by Crippen LogP contribution is -2.36. The molecule has 0 aliphatic carbocycles. The molecule has 0 unspecified atom stereocenters. The van der Waals surface area contributed by atoms with E-state index in [1.165, 1.54) is 12.1 Å². The molecule has 0 aromatic heterocycles. The molecular weight excluding hydrogens is 587 g/mol. The number of benzene rings is 3. The van der Waals surface area contributed by atoms with Gasteiger partial charge in [0.1, 0.15) is 19.0 Å². The van der Waals surface area contributed by atoms with Crippen molar-refractivity contribution in [3.63, 3.8) is 0 Å². The smallest absolute Gasteiger partial charge is 0.294 e. The molecule has 39 heavy (non-hydrogen) atoms. The van der Waals surface area contributed by atoms with E-state index in [1.54, 1.807) is 30.3 Å². The van der Waals surface area contributed by atoms with Crippen LogP contribution >= 0.6 is 27.7 Å². The fourth-order valence-electron chi connectivity index (χ4n) is 3.93. The quantitative estimate of drug-likeness (QED) is 0.266. The Morgan fingerprint density at radius 3 is 2.44 bits per heavy atom. The van der Waals surface area contributed by atoms with Crippen LogP contribution in [0.15, 0.2) is 64.0 Å². The van der Waals surface area contributed by atoms with Crippen molar-refractivity contribution in [2.24, 2.45) is 0 Å². The van der Waals surface area contributed by atoms with Crippen LogP contribution < -0.4 is 14.8 Å². The molecule has 1 heterocycles. The third-order valence-electron chi connectivity index (χ3n) is 5.85. The molecule has 1 saturated heterocycles. The Morgan fingerprint density at radius 1 is 1.08 bits per heavy atom. The van der Waals surface area contributed by atoms with Gasteiger partial charge >= 0.3 is 0 Å². The van der Waals surface area contributed by atoms with Gasteiger partial charge in [-0.1, -0.05) is 30.3 Å². The third-order valence-corrected chi connectivity index (χ3v) is 7.34. The molecule has 0 radical (unpaired) electrons. The second-order valence-corrected chi connectivity index (χ2v) is 10.6. The molecule has 0 bridgehead atoms. The summed E-state index contributed by atoms with van der Waals surface area (Å²) >= 11 is 4.27. The molecule has 1 aliphatic rings. The Bertz CT molecular complexity index is 1440. The molecule has 10 heteroatoms. The first-order valence-electron chi connectivity index (χ1n) is 12.1. The first-order chi connectivity index (χ1) is 18.7. The topological polar surface area (TPSA) is 84.9 Å². The third kappa shape index (κ3) is 6.88. The summed E-state index contributed by atoms with van der Waals surface area (Å²) in [5.74, 6) is -0.444. The van der Waals surface area contributed by atoms with Crippen molar-refractivity contribution < 1.29 is 28.2 Å². The van der Waals surface area contributed by atoms with Crippen LogP contribution in [0.2, 0.25) is 0 Å². The molecule has 0 spiro atoms. The number of thioether (sulfide) groups is 1. The van der Waals surface area contributed by atoms with E-state index in [4.69, 9.17) is 9.47 Å². The number of nitrogens with zero attached hydrogens (tertiary/aromatic N) is 1. The first-order valence-corrected chi connectivity index (χ1v) is 13.7. The molecule has 4 rings (SSSR count). The zero-order valence-electron chi connectivity index (χ0n) is 21.5. The van der Waals surface area contributed by atoms with Gasteiger partial charge in [-0.25, -0.2) is 4.39 Å². The van der Waals surface area contributed by atoms with Crippen LogP contribution in [0.1, 0.15) is 29.2 Å². The van der Waals surface area contributed by atoms with Crippen LogP contribution in [0.25, 0.3) is 6.08 Å². The van der Waals surface area contributed by atoms with E-state index in [0.29, 0.717) is 33.8 Å². The standard InChI is InChI=1S/C29H26BrFN2O5S/c1-4-37-23-13-20(12-22(30)27(23)38-16-19-8-10-21(31)11-9-19)14-24-28(35)33(29(36)39-24)15-25(34)32-26-17(2)6-5-7-18(26)3/h5-14H,4,15-16H2,1-3H3,(H,32,34)/b24-14-. The maximum atomic E-state index is 13.2. The molecule has 0 saturated carbocycles. The van der Waals surface area contributed by atoms with Crippen LogP contribution in [0.3, 0.4) is 0 Å². The Morgan fingerprint density at radius 2 is 1.77 bits per heavy atom. The van der Waals surface area contributed by atoms with Gasteiger partial charge in [0.25, 0.3) is 11.1 Å². The number of carbonyl (C=O) groups excluding carboxylic acids is 3. The molecule has 3 amide bonds. The minimum Gasteiger partial charge on any atom is -0.490 e. The normalized spacial score (nSPS) is 14.2. The predicted octanol–water partition coefficient (Wildman–Crippen LogP) is 6.86. The van der Waals surface area contributed by atoms with E-state index in [-0.39, 0.29) is 23.9 Å². The number of amides is 3. The number of carbonyl (C=O) groups is 3. The van der Waals surface area contributed by atoms with Crippen molar-refractivity contribution in [2.45, 2.75) is 27.4 Å². The number of nitrogens with one attached hydrogen (secondary N) is 1. The molecule has 1 fully saturated rings. The lowest BCUT2D eigenvalue weighted by Gasteiger charge is -2.15. The highest BCUT2D eigenvalue weighted by Crippen LogP contribution is 2.39. The van der Waals surface area contributed by atoms with Crippen molar-refractivity contribution in [1.29, 1.82) is 0 Å². The summed E-state index contributed by atoms with van der Waals surface area (Å²) in [5, 5.41) is 2.28.